The number of carbonyl (C=O) groups is 3. The van der Waals surface area contributed by atoms with Crippen molar-refractivity contribution in [2.75, 3.05) is 13.2 Å². The van der Waals surface area contributed by atoms with Crippen molar-refractivity contribution < 1.29 is 28.6 Å². The minimum Gasteiger partial charge on any atom is -0.462 e. The fourth-order valence-electron chi connectivity index (χ4n) is 8.20. The number of hydrogen-bond donors (Lipinski definition) is 0. The average Bonchev–Trinajstić information content (AvgIpc) is 3.28. The van der Waals surface area contributed by atoms with Crippen LogP contribution in [-0.4, -0.2) is 37.2 Å². The second-order valence-corrected chi connectivity index (χ2v) is 18.8. The zero-order valence-electron chi connectivity index (χ0n) is 42.4. The summed E-state index contributed by atoms with van der Waals surface area (Å²) in [6, 6.07) is 0. The van der Waals surface area contributed by atoms with Gasteiger partial charge in [-0.2, -0.15) is 0 Å². The lowest BCUT2D eigenvalue weighted by Gasteiger charge is -2.18. The van der Waals surface area contributed by atoms with Crippen LogP contribution in [0.15, 0.2) is 24.3 Å². The van der Waals surface area contributed by atoms with Gasteiger partial charge in [0.2, 0.25) is 0 Å². The van der Waals surface area contributed by atoms with Crippen molar-refractivity contribution in [3.05, 3.63) is 24.3 Å². The minimum atomic E-state index is -0.774. The molecule has 1 atom stereocenters. The molecule has 0 aromatic heterocycles. The predicted octanol–water partition coefficient (Wildman–Crippen LogP) is 18.3. The number of rotatable bonds is 51. The molecule has 0 spiro atoms. The topological polar surface area (TPSA) is 78.9 Å². The van der Waals surface area contributed by atoms with Gasteiger partial charge in [-0.1, -0.05) is 238 Å². The Morgan fingerprint density at radius 3 is 0.794 bits per heavy atom. The van der Waals surface area contributed by atoms with Gasteiger partial charge in [-0.3, -0.25) is 14.4 Å². The third-order valence-electron chi connectivity index (χ3n) is 12.4. The molecule has 6 heteroatoms. The van der Waals surface area contributed by atoms with Gasteiger partial charge in [-0.15, -0.1) is 0 Å². The molecule has 0 saturated carbocycles. The summed E-state index contributed by atoms with van der Waals surface area (Å²) in [5.74, 6) is -0.873. The third kappa shape index (κ3) is 50.7. The third-order valence-corrected chi connectivity index (χ3v) is 12.4. The van der Waals surface area contributed by atoms with Crippen LogP contribution in [0.1, 0.15) is 303 Å². The van der Waals surface area contributed by atoms with Crippen LogP contribution in [0.2, 0.25) is 0 Å². The molecule has 0 aromatic rings. The maximum absolute atomic E-state index is 12.8. The summed E-state index contributed by atoms with van der Waals surface area (Å²) in [6.45, 7) is 6.65. The Balaban J connectivity index is 4.36. The highest BCUT2D eigenvalue weighted by atomic mass is 16.6. The number of allylic oxidation sites excluding steroid dienone is 4. The van der Waals surface area contributed by atoms with E-state index in [2.05, 4.69) is 45.1 Å². The molecule has 0 aliphatic carbocycles. The molecule has 0 aliphatic heterocycles. The number of hydrogen-bond acceptors (Lipinski definition) is 6. The van der Waals surface area contributed by atoms with E-state index in [0.29, 0.717) is 19.3 Å². The molecule has 0 radical (unpaired) electrons. The first-order valence-corrected chi connectivity index (χ1v) is 27.8. The normalized spacial score (nSPS) is 12.1. The summed E-state index contributed by atoms with van der Waals surface area (Å²) in [5, 5.41) is 0. The second-order valence-electron chi connectivity index (χ2n) is 18.8. The molecule has 6 nitrogen and oxygen atoms in total. The average molecular weight is 887 g/mol. The molecule has 370 valence electrons. The van der Waals surface area contributed by atoms with Crippen LogP contribution >= 0.6 is 0 Å². The van der Waals surface area contributed by atoms with Gasteiger partial charge in [0.1, 0.15) is 13.2 Å². The van der Waals surface area contributed by atoms with Crippen LogP contribution in [0.5, 0.6) is 0 Å². The van der Waals surface area contributed by atoms with Gasteiger partial charge < -0.3 is 14.2 Å². The van der Waals surface area contributed by atoms with E-state index in [4.69, 9.17) is 14.2 Å². The van der Waals surface area contributed by atoms with E-state index in [1.165, 1.54) is 193 Å². The fourth-order valence-corrected chi connectivity index (χ4v) is 8.20. The number of unbranched alkanes of at least 4 members (excludes halogenated alkanes) is 36. The van der Waals surface area contributed by atoms with Gasteiger partial charge in [0.05, 0.1) is 0 Å². The summed E-state index contributed by atoms with van der Waals surface area (Å²) >= 11 is 0. The Morgan fingerprint density at radius 2 is 0.524 bits per heavy atom. The van der Waals surface area contributed by atoms with Crippen molar-refractivity contribution in [3.63, 3.8) is 0 Å². The number of carbonyl (C=O) groups excluding carboxylic acids is 3. The van der Waals surface area contributed by atoms with Gasteiger partial charge in [-0.25, -0.2) is 0 Å². The highest BCUT2D eigenvalue weighted by Gasteiger charge is 2.19. The second kappa shape index (κ2) is 52.5. The van der Waals surface area contributed by atoms with Crippen LogP contribution < -0.4 is 0 Å². The van der Waals surface area contributed by atoms with Crippen molar-refractivity contribution in [1.29, 1.82) is 0 Å². The van der Waals surface area contributed by atoms with Crippen molar-refractivity contribution in [2.45, 2.75) is 309 Å². The lowest BCUT2D eigenvalue weighted by atomic mass is 10.0. The monoisotopic (exact) mass is 887 g/mol. The van der Waals surface area contributed by atoms with E-state index in [1.807, 2.05) is 0 Å². The van der Waals surface area contributed by atoms with E-state index in [1.54, 1.807) is 0 Å². The predicted molar refractivity (Wildman–Crippen MR) is 270 cm³/mol. The highest BCUT2D eigenvalue weighted by Crippen LogP contribution is 2.16. The lowest BCUT2D eigenvalue weighted by molar-refractivity contribution is -0.167. The standard InChI is InChI=1S/C57H106O6/c1-4-7-10-13-16-19-22-25-28-31-34-37-40-43-46-49-55(58)61-52-54(63-57(60)51-48-45-42-39-36-33-30-27-24-21-18-15-12-9-6-3)53-62-56(59)50-47-44-41-38-35-32-29-26-23-20-17-14-11-8-5-2/h25,27-28,30,54H,4-24,26,29,31-53H2,1-3H3/b28-25-,30-27-/t54-/m0/s1. The lowest BCUT2D eigenvalue weighted by Crippen LogP contribution is -2.30. The van der Waals surface area contributed by atoms with Crippen molar-refractivity contribution in [2.24, 2.45) is 0 Å². The Bertz CT molecular complexity index is 1020. The largest absolute Gasteiger partial charge is 0.462 e. The van der Waals surface area contributed by atoms with E-state index >= 15 is 0 Å². The molecule has 0 rings (SSSR count). The molecular formula is C57H106O6. The van der Waals surface area contributed by atoms with Crippen molar-refractivity contribution >= 4 is 17.9 Å². The molecule has 0 bridgehead atoms. The van der Waals surface area contributed by atoms with Gasteiger partial charge in [-0.05, 0) is 70.6 Å². The molecule has 0 heterocycles. The smallest absolute Gasteiger partial charge is 0.306 e. The van der Waals surface area contributed by atoms with Crippen LogP contribution in [0.25, 0.3) is 0 Å². The minimum absolute atomic E-state index is 0.0730. The van der Waals surface area contributed by atoms with Crippen molar-refractivity contribution in [1.82, 2.24) is 0 Å². The Kier molecular flexibility index (Phi) is 50.8. The number of esters is 3. The van der Waals surface area contributed by atoms with Gasteiger partial charge >= 0.3 is 17.9 Å². The maximum Gasteiger partial charge on any atom is 0.306 e. The molecule has 0 aromatic carbocycles. The Labute approximate surface area is 392 Å². The molecule has 0 N–H and O–H groups in total. The zero-order chi connectivity index (χ0) is 45.8. The van der Waals surface area contributed by atoms with Gasteiger partial charge in [0.25, 0.3) is 0 Å². The number of ether oxygens (including phenoxy) is 3. The summed E-state index contributed by atoms with van der Waals surface area (Å²) < 4.78 is 16.8. The van der Waals surface area contributed by atoms with E-state index < -0.39 is 6.10 Å². The Morgan fingerprint density at radius 1 is 0.302 bits per heavy atom. The quantitative estimate of drug-likeness (QED) is 0.0262. The SMILES string of the molecule is CCCCCCCC/C=C\CCCCCCCC(=O)OC[C@@H](COC(=O)CCCCCCCCCCCCCCCCC)OC(=O)CCCCCCC/C=C\CCCCCCCC. The van der Waals surface area contributed by atoms with Gasteiger partial charge in [0, 0.05) is 19.3 Å². The molecule has 0 saturated heterocycles. The molecule has 0 fully saturated rings. The first-order chi connectivity index (χ1) is 31.0. The summed E-state index contributed by atoms with van der Waals surface area (Å²) in [6.07, 6.45) is 60.2. The molecule has 63 heavy (non-hydrogen) atoms. The highest BCUT2D eigenvalue weighted by molar-refractivity contribution is 5.71. The van der Waals surface area contributed by atoms with Crippen LogP contribution in [-0.2, 0) is 28.6 Å². The molecule has 0 amide bonds. The Hall–Kier alpha value is -2.11. The van der Waals surface area contributed by atoms with Crippen LogP contribution in [0.3, 0.4) is 0 Å². The van der Waals surface area contributed by atoms with Crippen LogP contribution in [0.4, 0.5) is 0 Å². The van der Waals surface area contributed by atoms with E-state index in [-0.39, 0.29) is 31.1 Å². The van der Waals surface area contributed by atoms with Gasteiger partial charge in [0.15, 0.2) is 6.10 Å². The molecule has 0 aliphatic rings. The first-order valence-electron chi connectivity index (χ1n) is 27.8. The maximum atomic E-state index is 12.8. The summed E-state index contributed by atoms with van der Waals surface area (Å²) in [7, 11) is 0. The summed E-state index contributed by atoms with van der Waals surface area (Å²) in [5.41, 5.74) is 0. The van der Waals surface area contributed by atoms with E-state index in [0.717, 1.165) is 70.6 Å². The molecular weight excluding hydrogens is 781 g/mol. The van der Waals surface area contributed by atoms with Crippen LogP contribution in [0, 0.1) is 0 Å². The van der Waals surface area contributed by atoms with E-state index in [9.17, 15) is 14.4 Å². The first kappa shape index (κ1) is 60.9. The fraction of sp³-hybridized carbons (Fsp3) is 0.877. The van der Waals surface area contributed by atoms with Crippen molar-refractivity contribution in [3.8, 4) is 0 Å². The molecule has 0 unspecified atom stereocenters. The summed E-state index contributed by atoms with van der Waals surface area (Å²) in [4.78, 5) is 38.1. The zero-order valence-corrected chi connectivity index (χ0v) is 42.4.